The van der Waals surface area contributed by atoms with Gasteiger partial charge in [0.05, 0.1) is 5.69 Å². The molecule has 94 valence electrons. The number of hydrogen-bond donors (Lipinski definition) is 1. The number of amides is 2. The Kier molecular flexibility index (Phi) is 3.76. The second-order valence-electron chi connectivity index (χ2n) is 3.90. The fraction of sp³-hybridized carbons (Fsp3) is 0.250. The average Bonchev–Trinajstić information content (AvgIpc) is 2.35. The molecule has 0 aliphatic carbocycles. The van der Waals surface area contributed by atoms with E-state index in [1.54, 1.807) is 13.1 Å². The molecule has 0 unspecified atom stereocenters. The summed E-state index contributed by atoms with van der Waals surface area (Å²) in [6.07, 6.45) is 0.693. The molecule has 1 aliphatic rings. The molecule has 0 saturated heterocycles. The molecular formula is C12H12BrN3O2. The first-order valence-electron chi connectivity index (χ1n) is 5.48. The van der Waals surface area contributed by atoms with E-state index in [1.165, 1.54) is 5.01 Å². The highest BCUT2D eigenvalue weighted by atomic mass is 79.9. The average molecular weight is 310 g/mol. The molecule has 1 aliphatic heterocycles. The Morgan fingerprint density at radius 1 is 1.39 bits per heavy atom. The number of halogens is 1. The van der Waals surface area contributed by atoms with Gasteiger partial charge in [0.1, 0.15) is 5.71 Å². The number of hydrogen-bond acceptors (Lipinski definition) is 3. The van der Waals surface area contributed by atoms with Gasteiger partial charge in [0.25, 0.3) is 5.91 Å². The summed E-state index contributed by atoms with van der Waals surface area (Å²) >= 11 is 3.35. The van der Waals surface area contributed by atoms with Crippen LogP contribution >= 0.6 is 15.9 Å². The molecule has 1 heterocycles. The predicted octanol–water partition coefficient (Wildman–Crippen LogP) is 2.00. The molecule has 0 spiro atoms. The number of nitrogens with zero attached hydrogens (tertiary/aromatic N) is 2. The summed E-state index contributed by atoms with van der Waals surface area (Å²) in [6, 6.07) is 7.33. The van der Waals surface area contributed by atoms with E-state index < -0.39 is 0 Å². The molecular weight excluding hydrogens is 298 g/mol. The fourth-order valence-corrected chi connectivity index (χ4v) is 1.97. The Labute approximate surface area is 113 Å². The third-order valence-corrected chi connectivity index (χ3v) is 3.28. The summed E-state index contributed by atoms with van der Waals surface area (Å²) in [7, 11) is 1.55. The van der Waals surface area contributed by atoms with Crippen LogP contribution in [0, 0.1) is 0 Å². The molecule has 0 atom stereocenters. The van der Waals surface area contributed by atoms with Crippen LogP contribution in [0.1, 0.15) is 12.8 Å². The quantitative estimate of drug-likeness (QED) is 0.908. The first kappa shape index (κ1) is 12.8. The number of anilines is 1. The topological polar surface area (TPSA) is 61.8 Å². The Bertz CT molecular complexity index is 528. The molecule has 0 bridgehead atoms. The summed E-state index contributed by atoms with van der Waals surface area (Å²) < 4.78 is 0.805. The maximum Gasteiger partial charge on any atom is 0.271 e. The van der Waals surface area contributed by atoms with Gasteiger partial charge in [0.2, 0.25) is 5.91 Å². The van der Waals surface area contributed by atoms with Crippen molar-refractivity contribution in [3.8, 4) is 0 Å². The zero-order chi connectivity index (χ0) is 13.1. The van der Waals surface area contributed by atoms with Gasteiger partial charge in [-0.25, -0.2) is 5.01 Å². The van der Waals surface area contributed by atoms with Gasteiger partial charge < -0.3 is 5.32 Å². The first-order valence-corrected chi connectivity index (χ1v) is 6.27. The number of carbonyl (C=O) groups is 2. The Balaban J connectivity index is 2.12. The second-order valence-corrected chi connectivity index (χ2v) is 4.75. The molecule has 1 aromatic carbocycles. The van der Waals surface area contributed by atoms with Gasteiger partial charge in [-0.05, 0) is 28.1 Å². The number of para-hydroxylation sites is 1. The normalized spacial score (nSPS) is 15.3. The lowest BCUT2D eigenvalue weighted by molar-refractivity contribution is -0.130. The number of rotatable bonds is 2. The molecule has 0 aromatic heterocycles. The molecule has 2 rings (SSSR count). The summed E-state index contributed by atoms with van der Waals surface area (Å²) in [5.74, 6) is -0.353. The van der Waals surface area contributed by atoms with Gasteiger partial charge in [-0.1, -0.05) is 12.1 Å². The number of carbonyl (C=O) groups excluding carboxylic acids is 2. The molecule has 2 amide bonds. The van der Waals surface area contributed by atoms with Crippen LogP contribution < -0.4 is 5.32 Å². The maximum atomic E-state index is 12.0. The van der Waals surface area contributed by atoms with Gasteiger partial charge in [0.15, 0.2) is 0 Å². The minimum Gasteiger partial charge on any atom is -0.320 e. The van der Waals surface area contributed by atoms with Crippen LogP contribution in [0.15, 0.2) is 33.8 Å². The number of nitrogens with one attached hydrogen (secondary N) is 1. The Morgan fingerprint density at radius 2 is 2.11 bits per heavy atom. The van der Waals surface area contributed by atoms with Crippen LogP contribution in [-0.2, 0) is 9.59 Å². The number of benzene rings is 1. The third kappa shape index (κ3) is 2.76. The predicted molar refractivity (Wildman–Crippen MR) is 72.2 cm³/mol. The monoisotopic (exact) mass is 309 g/mol. The van der Waals surface area contributed by atoms with Gasteiger partial charge in [-0.2, -0.15) is 5.10 Å². The van der Waals surface area contributed by atoms with E-state index in [0.29, 0.717) is 24.2 Å². The SMILES string of the molecule is CN1N=C(C(=O)Nc2ccccc2Br)CCC1=O. The van der Waals surface area contributed by atoms with Gasteiger partial charge >= 0.3 is 0 Å². The van der Waals surface area contributed by atoms with Crippen molar-refractivity contribution >= 4 is 39.1 Å². The van der Waals surface area contributed by atoms with Gasteiger partial charge in [0, 0.05) is 24.4 Å². The molecule has 18 heavy (non-hydrogen) atoms. The van der Waals surface area contributed by atoms with Crippen molar-refractivity contribution in [3.05, 3.63) is 28.7 Å². The van der Waals surface area contributed by atoms with Crippen molar-refractivity contribution in [2.24, 2.45) is 5.10 Å². The lowest BCUT2D eigenvalue weighted by Crippen LogP contribution is -2.34. The van der Waals surface area contributed by atoms with Crippen LogP contribution in [0.2, 0.25) is 0 Å². The minimum absolute atomic E-state index is 0.0764. The number of hydrazone groups is 1. The molecule has 1 aromatic rings. The maximum absolute atomic E-state index is 12.0. The largest absolute Gasteiger partial charge is 0.320 e. The summed E-state index contributed by atoms with van der Waals surface area (Å²) in [6.45, 7) is 0. The van der Waals surface area contributed by atoms with Gasteiger partial charge in [-0.3, -0.25) is 9.59 Å². The van der Waals surface area contributed by atoms with Crippen molar-refractivity contribution in [1.82, 2.24) is 5.01 Å². The lowest BCUT2D eigenvalue weighted by Gasteiger charge is -2.19. The zero-order valence-corrected chi connectivity index (χ0v) is 11.4. The molecule has 6 heteroatoms. The van der Waals surface area contributed by atoms with E-state index in [4.69, 9.17) is 0 Å². The highest BCUT2D eigenvalue weighted by Crippen LogP contribution is 2.21. The third-order valence-electron chi connectivity index (χ3n) is 2.59. The highest BCUT2D eigenvalue weighted by Gasteiger charge is 2.22. The van der Waals surface area contributed by atoms with Gasteiger partial charge in [-0.15, -0.1) is 0 Å². The van der Waals surface area contributed by atoms with Crippen molar-refractivity contribution in [3.63, 3.8) is 0 Å². The first-order chi connectivity index (χ1) is 8.58. The zero-order valence-electron chi connectivity index (χ0n) is 9.81. The fourth-order valence-electron chi connectivity index (χ4n) is 1.59. The van der Waals surface area contributed by atoms with Crippen molar-refractivity contribution in [1.29, 1.82) is 0 Å². The van der Waals surface area contributed by atoms with Crippen molar-refractivity contribution in [2.75, 3.05) is 12.4 Å². The molecule has 5 nitrogen and oxygen atoms in total. The van der Waals surface area contributed by atoms with E-state index in [1.807, 2.05) is 18.2 Å². The smallest absolute Gasteiger partial charge is 0.271 e. The Hall–Kier alpha value is -1.69. The second kappa shape index (κ2) is 5.30. The molecule has 1 N–H and O–H groups in total. The molecule has 0 radical (unpaired) electrons. The summed E-state index contributed by atoms with van der Waals surface area (Å²) in [4.78, 5) is 23.2. The van der Waals surface area contributed by atoms with Crippen molar-refractivity contribution in [2.45, 2.75) is 12.8 Å². The van der Waals surface area contributed by atoms with Crippen LogP contribution in [-0.4, -0.2) is 29.6 Å². The lowest BCUT2D eigenvalue weighted by atomic mass is 10.1. The summed E-state index contributed by atoms with van der Waals surface area (Å²) in [5.41, 5.74) is 1.05. The van der Waals surface area contributed by atoms with E-state index in [0.717, 1.165) is 4.47 Å². The van der Waals surface area contributed by atoms with Crippen molar-refractivity contribution < 1.29 is 9.59 Å². The van der Waals surface area contributed by atoms with E-state index in [9.17, 15) is 9.59 Å². The van der Waals surface area contributed by atoms with Crippen LogP contribution in [0.5, 0.6) is 0 Å². The minimum atomic E-state index is -0.277. The molecule has 0 fully saturated rings. The Morgan fingerprint density at radius 3 is 2.78 bits per heavy atom. The van der Waals surface area contributed by atoms with E-state index in [2.05, 4.69) is 26.3 Å². The standard InChI is InChI=1S/C12H12BrN3O2/c1-16-11(17)7-6-10(15-16)12(18)14-9-5-3-2-4-8(9)13/h2-5H,6-7H2,1H3,(H,14,18). The summed E-state index contributed by atoms with van der Waals surface area (Å²) in [5, 5.41) is 7.93. The van der Waals surface area contributed by atoms with Crippen LogP contribution in [0.4, 0.5) is 5.69 Å². The highest BCUT2D eigenvalue weighted by molar-refractivity contribution is 9.10. The van der Waals surface area contributed by atoms with Crippen LogP contribution in [0.3, 0.4) is 0 Å². The molecule has 0 saturated carbocycles. The van der Waals surface area contributed by atoms with E-state index >= 15 is 0 Å². The van der Waals surface area contributed by atoms with E-state index in [-0.39, 0.29) is 11.8 Å². The van der Waals surface area contributed by atoms with Crippen LogP contribution in [0.25, 0.3) is 0 Å².